The lowest BCUT2D eigenvalue weighted by Crippen LogP contribution is -2.04. The van der Waals surface area contributed by atoms with E-state index in [1.165, 1.54) is 10.9 Å². The average molecular weight is 196 g/mol. The summed E-state index contributed by atoms with van der Waals surface area (Å²) in [5.41, 5.74) is 6.41. The Labute approximate surface area is 81.2 Å². The molecule has 0 aliphatic rings. The van der Waals surface area contributed by atoms with Gasteiger partial charge in [-0.3, -0.25) is 14.8 Å². The largest absolute Gasteiger partial charge is 0.330 e. The van der Waals surface area contributed by atoms with Crippen molar-refractivity contribution in [2.75, 3.05) is 6.54 Å². The molecule has 0 unspecified atom stereocenters. The van der Waals surface area contributed by atoms with Crippen molar-refractivity contribution in [3.05, 3.63) is 28.6 Å². The van der Waals surface area contributed by atoms with Crippen molar-refractivity contribution >= 4 is 11.3 Å². The van der Waals surface area contributed by atoms with Gasteiger partial charge in [0.1, 0.15) is 11.9 Å². The maximum Gasteiger partial charge on any atom is 0.314 e. The highest BCUT2D eigenvalue weighted by molar-refractivity contribution is 5.68. The maximum atomic E-state index is 10.6. The topological polar surface area (TPSA) is 87.0 Å². The van der Waals surface area contributed by atoms with E-state index in [9.17, 15) is 10.1 Å². The summed E-state index contributed by atoms with van der Waals surface area (Å²) in [5, 5.41) is 14.4. The molecule has 0 aliphatic heterocycles. The molecule has 6 heteroatoms. The molecular weight excluding hydrogens is 184 g/mol. The third kappa shape index (κ3) is 1.80. The van der Waals surface area contributed by atoms with E-state index < -0.39 is 4.92 Å². The summed E-state index contributed by atoms with van der Waals surface area (Å²) in [7, 11) is 1.64. The van der Waals surface area contributed by atoms with Gasteiger partial charge in [0, 0.05) is 7.05 Å². The minimum atomic E-state index is -0.468. The molecule has 1 rings (SSSR count). The number of hydrogen-bond donors (Lipinski definition) is 1. The lowest BCUT2D eigenvalue weighted by Gasteiger charge is -2.03. The number of nitro groups is 1. The summed E-state index contributed by atoms with van der Waals surface area (Å²) in [6.07, 6.45) is 1.75. The van der Waals surface area contributed by atoms with E-state index in [0.29, 0.717) is 24.2 Å². The van der Waals surface area contributed by atoms with Crippen molar-refractivity contribution < 1.29 is 4.92 Å². The molecule has 0 spiro atoms. The minimum Gasteiger partial charge on any atom is -0.330 e. The Morgan fingerprint density at radius 3 is 3.00 bits per heavy atom. The van der Waals surface area contributed by atoms with Crippen molar-refractivity contribution in [3.8, 4) is 0 Å². The quantitative estimate of drug-likeness (QED) is 0.567. The Morgan fingerprint density at radius 2 is 2.50 bits per heavy atom. The van der Waals surface area contributed by atoms with Crippen molar-refractivity contribution in [1.82, 2.24) is 9.78 Å². The molecule has 0 saturated carbocycles. The molecule has 76 valence electrons. The second-order valence-corrected chi connectivity index (χ2v) is 2.90. The number of aryl methyl sites for hydroxylation is 1. The number of hydrogen-bond acceptors (Lipinski definition) is 4. The number of aromatic nitrogens is 2. The summed E-state index contributed by atoms with van der Waals surface area (Å²) in [6.45, 7) is 4.16. The summed E-state index contributed by atoms with van der Waals surface area (Å²) in [6, 6.07) is 0. The van der Waals surface area contributed by atoms with Crippen molar-refractivity contribution in [1.29, 1.82) is 0 Å². The first kappa shape index (κ1) is 10.4. The molecule has 0 atom stereocenters. The lowest BCUT2D eigenvalue weighted by atomic mass is 10.1. The van der Waals surface area contributed by atoms with Crippen LogP contribution in [-0.2, 0) is 7.05 Å². The van der Waals surface area contributed by atoms with Crippen molar-refractivity contribution in [2.24, 2.45) is 12.8 Å². The lowest BCUT2D eigenvalue weighted by molar-refractivity contribution is -0.385. The van der Waals surface area contributed by atoms with E-state index in [0.717, 1.165) is 0 Å². The smallest absolute Gasteiger partial charge is 0.314 e. The molecule has 0 radical (unpaired) electrons. The van der Waals surface area contributed by atoms with Crippen LogP contribution in [0.2, 0.25) is 0 Å². The summed E-state index contributed by atoms with van der Waals surface area (Å²) in [5.74, 6) is 0. The molecule has 6 nitrogen and oxygen atoms in total. The Bertz CT molecular complexity index is 369. The van der Waals surface area contributed by atoms with E-state index in [1.54, 1.807) is 7.05 Å². The van der Waals surface area contributed by atoms with Crippen LogP contribution in [0.1, 0.15) is 12.1 Å². The highest BCUT2D eigenvalue weighted by Gasteiger charge is 2.20. The molecule has 1 aromatic heterocycles. The van der Waals surface area contributed by atoms with Gasteiger partial charge < -0.3 is 5.73 Å². The van der Waals surface area contributed by atoms with Crippen molar-refractivity contribution in [3.63, 3.8) is 0 Å². The Balaban J connectivity index is 3.11. The van der Waals surface area contributed by atoms with Gasteiger partial charge in [-0.15, -0.1) is 0 Å². The zero-order valence-electron chi connectivity index (χ0n) is 7.93. The predicted octanol–water partition coefficient (Wildman–Crippen LogP) is 0.690. The van der Waals surface area contributed by atoms with Crippen LogP contribution in [0.4, 0.5) is 5.69 Å². The van der Waals surface area contributed by atoms with E-state index in [4.69, 9.17) is 5.73 Å². The van der Waals surface area contributed by atoms with Crippen LogP contribution in [0, 0.1) is 10.1 Å². The van der Waals surface area contributed by atoms with Crippen LogP contribution >= 0.6 is 0 Å². The second kappa shape index (κ2) is 4.01. The molecule has 0 aromatic carbocycles. The molecular formula is C8H12N4O2. The zero-order chi connectivity index (χ0) is 10.7. The van der Waals surface area contributed by atoms with Gasteiger partial charge in [-0.1, -0.05) is 6.58 Å². The molecule has 14 heavy (non-hydrogen) atoms. The van der Waals surface area contributed by atoms with E-state index >= 15 is 0 Å². The van der Waals surface area contributed by atoms with Crippen molar-refractivity contribution in [2.45, 2.75) is 6.42 Å². The zero-order valence-corrected chi connectivity index (χ0v) is 7.93. The molecule has 0 bridgehead atoms. The van der Waals surface area contributed by atoms with Gasteiger partial charge >= 0.3 is 5.69 Å². The average Bonchev–Trinajstić information content (AvgIpc) is 2.47. The second-order valence-electron chi connectivity index (χ2n) is 2.90. The molecule has 0 aliphatic carbocycles. The molecule has 0 fully saturated rings. The highest BCUT2D eigenvalue weighted by Crippen LogP contribution is 2.25. The molecule has 1 heterocycles. The van der Waals surface area contributed by atoms with Gasteiger partial charge in [0.2, 0.25) is 0 Å². The summed E-state index contributed by atoms with van der Waals surface area (Å²) >= 11 is 0. The first-order valence-electron chi connectivity index (χ1n) is 4.12. The van der Waals surface area contributed by atoms with Gasteiger partial charge in [-0.2, -0.15) is 5.10 Å². The minimum absolute atomic E-state index is 0.0223. The standard InChI is InChI=1S/C8H12N4O2/c1-6(3-4-9)8-7(12(13)14)5-10-11(8)2/h5H,1,3-4,9H2,2H3. The van der Waals surface area contributed by atoms with E-state index in [-0.39, 0.29) is 5.69 Å². The predicted molar refractivity (Wildman–Crippen MR) is 52.6 cm³/mol. The Kier molecular flexibility index (Phi) is 2.98. The van der Waals surface area contributed by atoms with E-state index in [1.807, 2.05) is 0 Å². The normalized spacial score (nSPS) is 10.1. The molecule has 0 saturated heterocycles. The highest BCUT2D eigenvalue weighted by atomic mass is 16.6. The first-order chi connectivity index (χ1) is 6.57. The van der Waals surface area contributed by atoms with Crippen LogP contribution in [-0.4, -0.2) is 21.2 Å². The van der Waals surface area contributed by atoms with Crippen LogP contribution in [0.5, 0.6) is 0 Å². The van der Waals surface area contributed by atoms with E-state index in [2.05, 4.69) is 11.7 Å². The number of nitrogens with two attached hydrogens (primary N) is 1. The van der Waals surface area contributed by atoms with Gasteiger partial charge in [-0.25, -0.2) is 0 Å². The summed E-state index contributed by atoms with van der Waals surface area (Å²) in [4.78, 5) is 10.2. The Morgan fingerprint density at radius 1 is 1.86 bits per heavy atom. The fraction of sp³-hybridized carbons (Fsp3) is 0.375. The fourth-order valence-corrected chi connectivity index (χ4v) is 1.26. The first-order valence-corrected chi connectivity index (χ1v) is 4.12. The molecule has 0 amide bonds. The van der Waals surface area contributed by atoms with Gasteiger partial charge in [0.15, 0.2) is 0 Å². The summed E-state index contributed by atoms with van der Waals surface area (Å²) < 4.78 is 1.44. The molecule has 1 aromatic rings. The number of nitrogens with zero attached hydrogens (tertiary/aromatic N) is 3. The third-order valence-electron chi connectivity index (χ3n) is 1.90. The fourth-order valence-electron chi connectivity index (χ4n) is 1.26. The monoisotopic (exact) mass is 196 g/mol. The SMILES string of the molecule is C=C(CCN)c1c([N+](=O)[O-])cnn1C. The number of rotatable bonds is 4. The van der Waals surface area contributed by atoms with Gasteiger partial charge in [0.05, 0.1) is 4.92 Å². The van der Waals surface area contributed by atoms with Crippen LogP contribution in [0.25, 0.3) is 5.57 Å². The van der Waals surface area contributed by atoms with Crippen LogP contribution in [0.3, 0.4) is 0 Å². The van der Waals surface area contributed by atoms with Gasteiger partial charge in [-0.05, 0) is 18.5 Å². The Hall–Kier alpha value is -1.69. The van der Waals surface area contributed by atoms with Gasteiger partial charge in [0.25, 0.3) is 0 Å². The molecule has 2 N–H and O–H groups in total. The maximum absolute atomic E-state index is 10.6. The van der Waals surface area contributed by atoms with Crippen LogP contribution < -0.4 is 5.73 Å². The van der Waals surface area contributed by atoms with Crippen LogP contribution in [0.15, 0.2) is 12.8 Å². The third-order valence-corrected chi connectivity index (χ3v) is 1.90.